The van der Waals surface area contributed by atoms with Gasteiger partial charge in [-0.1, -0.05) is 0 Å². The van der Waals surface area contributed by atoms with Crippen LogP contribution in [0, 0.1) is 25.5 Å². The second-order valence-corrected chi connectivity index (χ2v) is 6.18. The van der Waals surface area contributed by atoms with Crippen LogP contribution in [0.15, 0.2) is 18.2 Å². The molecule has 1 amide bonds. The molecule has 7 heteroatoms. The minimum atomic E-state index is -0.921. The highest BCUT2D eigenvalue weighted by molar-refractivity contribution is 6.00. The average Bonchev–Trinajstić information content (AvgIpc) is 2.81. The van der Waals surface area contributed by atoms with E-state index in [1.807, 2.05) is 25.5 Å². The highest BCUT2D eigenvalue weighted by atomic mass is 19.1. The van der Waals surface area contributed by atoms with Crippen molar-refractivity contribution in [3.63, 3.8) is 0 Å². The van der Waals surface area contributed by atoms with Gasteiger partial charge in [0.25, 0.3) is 0 Å². The van der Waals surface area contributed by atoms with Crippen molar-refractivity contribution in [3.8, 4) is 0 Å². The van der Waals surface area contributed by atoms with Crippen molar-refractivity contribution >= 4 is 17.4 Å². The largest absolute Gasteiger partial charge is 0.323 e. The van der Waals surface area contributed by atoms with E-state index >= 15 is 0 Å². The van der Waals surface area contributed by atoms with Crippen molar-refractivity contribution in [2.45, 2.75) is 46.6 Å². The summed E-state index contributed by atoms with van der Waals surface area (Å²) >= 11 is 0. The number of aromatic nitrogens is 2. The highest BCUT2D eigenvalue weighted by Crippen LogP contribution is 2.22. The number of anilines is 1. The number of ketones is 1. The van der Waals surface area contributed by atoms with E-state index in [9.17, 15) is 18.4 Å². The number of aryl methyl sites for hydroxylation is 1. The first kappa shape index (κ1) is 18.8. The summed E-state index contributed by atoms with van der Waals surface area (Å²) < 4.78 is 28.3. The van der Waals surface area contributed by atoms with Gasteiger partial charge < -0.3 is 5.32 Å². The number of Topliss-reactive ketones (excluding diaryl/α,β-unsaturated/α-hetero) is 1. The number of nitrogens with one attached hydrogen (secondary N) is 1. The summed E-state index contributed by atoms with van der Waals surface area (Å²) in [5, 5.41) is 7.13. The Kier molecular flexibility index (Phi) is 5.66. The van der Waals surface area contributed by atoms with Gasteiger partial charge in [-0.25, -0.2) is 8.78 Å². The maximum Gasteiger partial charge on any atom is 0.224 e. The van der Waals surface area contributed by atoms with Gasteiger partial charge in [-0.15, -0.1) is 0 Å². The Morgan fingerprint density at radius 1 is 1.20 bits per heavy atom. The van der Waals surface area contributed by atoms with Crippen molar-refractivity contribution in [2.24, 2.45) is 0 Å². The van der Waals surface area contributed by atoms with Gasteiger partial charge in [-0.3, -0.25) is 14.3 Å². The van der Waals surface area contributed by atoms with Crippen LogP contribution >= 0.6 is 0 Å². The second-order valence-electron chi connectivity index (χ2n) is 6.18. The van der Waals surface area contributed by atoms with E-state index < -0.39 is 17.4 Å². The standard InChI is InChI=1S/C18H21F2N3O2/c1-10(2)23-12(4)18(11(3)22-23)21-17(25)8-7-16(24)14-6-5-13(19)9-15(14)20/h5-6,9-10H,7-8H2,1-4H3,(H,21,25). The Morgan fingerprint density at radius 2 is 1.88 bits per heavy atom. The van der Waals surface area contributed by atoms with Crippen molar-refractivity contribution in [2.75, 3.05) is 5.32 Å². The fourth-order valence-electron chi connectivity index (χ4n) is 2.63. The van der Waals surface area contributed by atoms with E-state index in [-0.39, 0.29) is 30.4 Å². The highest BCUT2D eigenvalue weighted by Gasteiger charge is 2.18. The van der Waals surface area contributed by atoms with Crippen molar-refractivity contribution < 1.29 is 18.4 Å². The first-order valence-electron chi connectivity index (χ1n) is 8.04. The van der Waals surface area contributed by atoms with Gasteiger partial charge in [0.05, 0.1) is 22.6 Å². The molecule has 0 aliphatic carbocycles. The summed E-state index contributed by atoms with van der Waals surface area (Å²) in [7, 11) is 0. The minimum Gasteiger partial charge on any atom is -0.323 e. The zero-order chi connectivity index (χ0) is 18.7. The van der Waals surface area contributed by atoms with Crippen molar-refractivity contribution in [1.82, 2.24) is 9.78 Å². The topological polar surface area (TPSA) is 64.0 Å². The van der Waals surface area contributed by atoms with E-state index in [0.717, 1.165) is 17.8 Å². The number of halogens is 2. The summed E-state index contributed by atoms with van der Waals surface area (Å²) in [5.74, 6) is -2.57. The molecule has 0 bridgehead atoms. The minimum absolute atomic E-state index is 0.0958. The van der Waals surface area contributed by atoms with Gasteiger partial charge in [-0.2, -0.15) is 5.10 Å². The summed E-state index contributed by atoms with van der Waals surface area (Å²) in [4.78, 5) is 24.1. The second kappa shape index (κ2) is 7.55. The molecule has 0 unspecified atom stereocenters. The van der Waals surface area contributed by atoms with Crippen molar-refractivity contribution in [3.05, 3.63) is 46.8 Å². The first-order chi connectivity index (χ1) is 11.7. The lowest BCUT2D eigenvalue weighted by Gasteiger charge is -2.09. The van der Waals surface area contributed by atoms with Gasteiger partial charge in [0.2, 0.25) is 5.91 Å². The smallest absolute Gasteiger partial charge is 0.224 e. The third-order valence-electron chi connectivity index (χ3n) is 3.89. The van der Waals surface area contributed by atoms with Crippen LogP contribution in [0.4, 0.5) is 14.5 Å². The predicted octanol–water partition coefficient (Wildman–Crippen LogP) is 3.96. The molecule has 2 aromatic rings. The number of carbonyl (C=O) groups is 2. The number of benzene rings is 1. The fraction of sp³-hybridized carbons (Fsp3) is 0.389. The molecule has 1 aromatic carbocycles. The van der Waals surface area contributed by atoms with E-state index in [1.165, 1.54) is 0 Å². The van der Waals surface area contributed by atoms with Gasteiger partial charge >= 0.3 is 0 Å². The number of amides is 1. The maximum atomic E-state index is 13.6. The molecule has 5 nitrogen and oxygen atoms in total. The Morgan fingerprint density at radius 3 is 2.44 bits per heavy atom. The number of carbonyl (C=O) groups excluding carboxylic acids is 2. The van der Waals surface area contributed by atoms with Crippen LogP contribution in [-0.2, 0) is 4.79 Å². The maximum absolute atomic E-state index is 13.6. The van der Waals surface area contributed by atoms with Crippen LogP contribution in [0.1, 0.15) is 54.5 Å². The van der Waals surface area contributed by atoms with Gasteiger partial charge in [0, 0.05) is 24.9 Å². The van der Waals surface area contributed by atoms with Crippen LogP contribution in [-0.4, -0.2) is 21.5 Å². The molecule has 1 N–H and O–H groups in total. The molecule has 0 spiro atoms. The third kappa shape index (κ3) is 4.29. The number of hydrogen-bond acceptors (Lipinski definition) is 3. The first-order valence-corrected chi connectivity index (χ1v) is 8.04. The van der Waals surface area contributed by atoms with E-state index in [0.29, 0.717) is 17.4 Å². The van der Waals surface area contributed by atoms with Crippen LogP contribution in [0.5, 0.6) is 0 Å². The molecule has 0 saturated heterocycles. The quantitative estimate of drug-likeness (QED) is 0.803. The monoisotopic (exact) mass is 349 g/mol. The van der Waals surface area contributed by atoms with Crippen LogP contribution < -0.4 is 5.32 Å². The Labute approximate surface area is 145 Å². The number of rotatable bonds is 6. The molecule has 0 fully saturated rings. The van der Waals surface area contributed by atoms with Crippen LogP contribution in [0.2, 0.25) is 0 Å². The number of nitrogens with zero attached hydrogens (tertiary/aromatic N) is 2. The molecule has 2 rings (SSSR count). The Bertz CT molecular complexity index is 813. The molecule has 0 saturated carbocycles. The summed E-state index contributed by atoms with van der Waals surface area (Å²) in [6.45, 7) is 7.62. The molecular weight excluding hydrogens is 328 g/mol. The summed E-state index contributed by atoms with van der Waals surface area (Å²) in [5.41, 5.74) is 1.93. The zero-order valence-corrected chi connectivity index (χ0v) is 14.7. The lowest BCUT2D eigenvalue weighted by atomic mass is 10.1. The zero-order valence-electron chi connectivity index (χ0n) is 14.7. The Balaban J connectivity index is 2.00. The molecular formula is C18H21F2N3O2. The molecule has 25 heavy (non-hydrogen) atoms. The molecule has 0 aliphatic rings. The SMILES string of the molecule is Cc1nn(C(C)C)c(C)c1NC(=O)CCC(=O)c1ccc(F)cc1F. The fourth-order valence-corrected chi connectivity index (χ4v) is 2.63. The van der Waals surface area contributed by atoms with E-state index in [2.05, 4.69) is 10.4 Å². The van der Waals surface area contributed by atoms with Crippen LogP contribution in [0.3, 0.4) is 0 Å². The summed E-state index contributed by atoms with van der Waals surface area (Å²) in [6.07, 6.45) is -0.258. The predicted molar refractivity (Wildman–Crippen MR) is 90.6 cm³/mol. The average molecular weight is 349 g/mol. The molecule has 1 aromatic heterocycles. The molecule has 1 heterocycles. The lowest BCUT2D eigenvalue weighted by Crippen LogP contribution is -2.15. The van der Waals surface area contributed by atoms with E-state index in [1.54, 1.807) is 6.92 Å². The molecule has 0 atom stereocenters. The third-order valence-corrected chi connectivity index (χ3v) is 3.89. The molecule has 0 aliphatic heterocycles. The van der Waals surface area contributed by atoms with Crippen LogP contribution in [0.25, 0.3) is 0 Å². The summed E-state index contributed by atoms with van der Waals surface area (Å²) in [6, 6.07) is 2.92. The molecule has 0 radical (unpaired) electrons. The normalized spacial score (nSPS) is 11.0. The Hall–Kier alpha value is -2.57. The molecule has 134 valence electrons. The van der Waals surface area contributed by atoms with Gasteiger partial charge in [-0.05, 0) is 39.8 Å². The number of hydrogen-bond donors (Lipinski definition) is 1. The van der Waals surface area contributed by atoms with Crippen molar-refractivity contribution in [1.29, 1.82) is 0 Å². The van der Waals surface area contributed by atoms with Gasteiger partial charge in [0.1, 0.15) is 11.6 Å². The van der Waals surface area contributed by atoms with E-state index in [4.69, 9.17) is 0 Å². The lowest BCUT2D eigenvalue weighted by molar-refractivity contribution is -0.116. The van der Waals surface area contributed by atoms with Gasteiger partial charge in [0.15, 0.2) is 5.78 Å².